The molecule has 4 rings (SSSR count). The molecule has 1 aliphatic rings. The van der Waals surface area contributed by atoms with E-state index >= 15 is 0 Å². The molecule has 0 bridgehead atoms. The van der Waals surface area contributed by atoms with Gasteiger partial charge in [-0.1, -0.05) is 35.9 Å². The van der Waals surface area contributed by atoms with E-state index in [1.165, 1.54) is 6.20 Å². The van der Waals surface area contributed by atoms with Crippen LogP contribution in [0.3, 0.4) is 0 Å². The number of benzene rings is 2. The monoisotopic (exact) mass is 382 g/mol. The summed E-state index contributed by atoms with van der Waals surface area (Å²) in [6, 6.07) is 14.7. The van der Waals surface area contributed by atoms with Gasteiger partial charge in [-0.05, 0) is 29.8 Å². The van der Waals surface area contributed by atoms with Gasteiger partial charge in [-0.3, -0.25) is 14.3 Å². The number of nitrogens with one attached hydrogen (secondary N) is 1. The van der Waals surface area contributed by atoms with E-state index in [9.17, 15) is 9.59 Å². The number of nitrogens with zero attached hydrogens (tertiary/aromatic N) is 3. The Morgan fingerprint density at radius 1 is 1.22 bits per heavy atom. The maximum absolute atomic E-state index is 13.1. The average molecular weight is 383 g/mol. The molecule has 0 radical (unpaired) electrons. The van der Waals surface area contributed by atoms with E-state index in [2.05, 4.69) is 10.4 Å². The van der Waals surface area contributed by atoms with Crippen molar-refractivity contribution in [1.29, 1.82) is 0 Å². The lowest BCUT2D eigenvalue weighted by atomic mass is 10.0. The summed E-state index contributed by atoms with van der Waals surface area (Å²) in [5.74, 6) is -0.0391. The molecule has 6 nitrogen and oxygen atoms in total. The zero-order chi connectivity index (χ0) is 18.8. The summed E-state index contributed by atoms with van der Waals surface area (Å²) in [5, 5.41) is 8.72. The number of carbonyl (C=O) groups is 1. The highest BCUT2D eigenvalue weighted by molar-refractivity contribution is 6.30. The Balaban J connectivity index is 1.64. The number of carbonyl (C=O) groups excluding carboxylic acids is 1. The molecule has 0 spiro atoms. The minimum absolute atomic E-state index is 0.0391. The largest absolute Gasteiger partial charge is 0.331 e. The van der Waals surface area contributed by atoms with Crippen LogP contribution in [0.1, 0.15) is 11.6 Å². The summed E-state index contributed by atoms with van der Waals surface area (Å²) in [5.41, 5.74) is 1.52. The fourth-order valence-corrected chi connectivity index (χ4v) is 3.72. The van der Waals surface area contributed by atoms with Gasteiger partial charge in [-0.15, -0.1) is 0 Å². The van der Waals surface area contributed by atoms with Gasteiger partial charge < -0.3 is 10.2 Å². The Labute approximate surface area is 161 Å². The van der Waals surface area contributed by atoms with Crippen molar-refractivity contribution in [3.8, 4) is 0 Å². The predicted molar refractivity (Wildman–Crippen MR) is 105 cm³/mol. The van der Waals surface area contributed by atoms with Crippen LogP contribution >= 0.6 is 11.6 Å². The third-order valence-electron chi connectivity index (χ3n) is 4.84. The minimum Gasteiger partial charge on any atom is -0.331 e. The number of amides is 1. The van der Waals surface area contributed by atoms with Crippen molar-refractivity contribution in [1.82, 2.24) is 20.0 Å². The fourth-order valence-electron chi connectivity index (χ4n) is 3.52. The Kier molecular flexibility index (Phi) is 4.92. The first-order valence-corrected chi connectivity index (χ1v) is 9.22. The van der Waals surface area contributed by atoms with Crippen molar-refractivity contribution in [2.24, 2.45) is 0 Å². The molecule has 1 amide bonds. The first kappa shape index (κ1) is 17.7. The van der Waals surface area contributed by atoms with Crippen molar-refractivity contribution in [2.75, 3.05) is 19.6 Å². The fraction of sp³-hybridized carbons (Fsp3) is 0.250. The third-order valence-corrected chi connectivity index (χ3v) is 5.08. The molecule has 138 valence electrons. The molecule has 1 fully saturated rings. The summed E-state index contributed by atoms with van der Waals surface area (Å²) in [4.78, 5) is 26.9. The number of hydrogen-bond donors (Lipinski definition) is 1. The highest BCUT2D eigenvalue weighted by Crippen LogP contribution is 2.25. The van der Waals surface area contributed by atoms with Gasteiger partial charge in [0.15, 0.2) is 0 Å². The van der Waals surface area contributed by atoms with Crippen LogP contribution in [0, 0.1) is 0 Å². The molecule has 0 aliphatic carbocycles. The second kappa shape index (κ2) is 7.50. The molecule has 1 atom stereocenters. The van der Waals surface area contributed by atoms with Crippen LogP contribution in [-0.2, 0) is 11.3 Å². The molecule has 7 heteroatoms. The Morgan fingerprint density at radius 2 is 2.07 bits per heavy atom. The summed E-state index contributed by atoms with van der Waals surface area (Å²) < 4.78 is 1.59. The molecule has 1 unspecified atom stereocenters. The van der Waals surface area contributed by atoms with E-state index in [1.807, 2.05) is 41.3 Å². The van der Waals surface area contributed by atoms with Crippen LogP contribution in [-0.4, -0.2) is 40.2 Å². The van der Waals surface area contributed by atoms with Crippen molar-refractivity contribution in [3.05, 3.63) is 75.5 Å². The second-order valence-electron chi connectivity index (χ2n) is 6.55. The van der Waals surface area contributed by atoms with Crippen LogP contribution in [0.2, 0.25) is 5.02 Å². The molecule has 1 saturated heterocycles. The Bertz CT molecular complexity index is 1050. The number of fused-ring (bicyclic) bond motifs is 1. The van der Waals surface area contributed by atoms with Gasteiger partial charge in [0.1, 0.15) is 6.54 Å². The summed E-state index contributed by atoms with van der Waals surface area (Å²) in [6.07, 6.45) is 1.27. The van der Waals surface area contributed by atoms with Gasteiger partial charge in [0, 0.05) is 30.0 Å². The number of rotatable bonds is 3. The zero-order valence-corrected chi connectivity index (χ0v) is 15.4. The zero-order valence-electron chi connectivity index (χ0n) is 14.6. The lowest BCUT2D eigenvalue weighted by molar-refractivity contribution is -0.135. The molecule has 2 aromatic carbocycles. The molecule has 2 heterocycles. The average Bonchev–Trinajstić information content (AvgIpc) is 2.70. The van der Waals surface area contributed by atoms with E-state index in [1.54, 1.807) is 16.8 Å². The van der Waals surface area contributed by atoms with E-state index in [4.69, 9.17) is 11.6 Å². The van der Waals surface area contributed by atoms with Gasteiger partial charge in [-0.25, -0.2) is 0 Å². The third kappa shape index (κ3) is 3.59. The molecular weight excluding hydrogens is 364 g/mol. The number of para-hydroxylation sites is 1. The maximum atomic E-state index is 13.1. The van der Waals surface area contributed by atoms with Gasteiger partial charge >= 0.3 is 0 Å². The molecule has 0 saturated carbocycles. The standard InChI is InChI=1S/C20H19ClN4O2/c21-15-5-3-4-14(10-15)18-11-22-8-9-24(18)20(27)13-25-17-7-2-1-6-16(17)19(26)12-23-25/h1-7,10,12,18,22H,8-9,11,13H2. The van der Waals surface area contributed by atoms with Crippen molar-refractivity contribution < 1.29 is 4.79 Å². The van der Waals surface area contributed by atoms with Crippen molar-refractivity contribution in [2.45, 2.75) is 12.6 Å². The topological polar surface area (TPSA) is 67.2 Å². The number of hydrogen-bond acceptors (Lipinski definition) is 4. The van der Waals surface area contributed by atoms with Crippen molar-refractivity contribution >= 4 is 28.4 Å². The number of halogens is 1. The summed E-state index contributed by atoms with van der Waals surface area (Å²) in [7, 11) is 0. The SMILES string of the molecule is O=C(Cn1ncc(=O)c2ccccc21)N1CCNCC1c1cccc(Cl)c1. The lowest BCUT2D eigenvalue weighted by Gasteiger charge is -2.36. The lowest BCUT2D eigenvalue weighted by Crippen LogP contribution is -2.49. The quantitative estimate of drug-likeness (QED) is 0.754. The number of piperazine rings is 1. The van der Waals surface area contributed by atoms with E-state index in [0.29, 0.717) is 29.0 Å². The molecule has 3 aromatic rings. The van der Waals surface area contributed by atoms with Crippen LogP contribution in [0.25, 0.3) is 10.9 Å². The first-order chi connectivity index (χ1) is 13.1. The maximum Gasteiger partial charge on any atom is 0.244 e. The van der Waals surface area contributed by atoms with Gasteiger partial charge in [-0.2, -0.15) is 5.10 Å². The normalized spacial score (nSPS) is 17.2. The first-order valence-electron chi connectivity index (χ1n) is 8.84. The van der Waals surface area contributed by atoms with Gasteiger partial charge in [0.25, 0.3) is 0 Å². The van der Waals surface area contributed by atoms with E-state index in [-0.39, 0.29) is 23.9 Å². The second-order valence-corrected chi connectivity index (χ2v) is 6.98. The summed E-state index contributed by atoms with van der Waals surface area (Å²) >= 11 is 6.13. The molecule has 1 aromatic heterocycles. The van der Waals surface area contributed by atoms with Gasteiger partial charge in [0.2, 0.25) is 11.3 Å². The van der Waals surface area contributed by atoms with Gasteiger partial charge in [0.05, 0.1) is 17.8 Å². The van der Waals surface area contributed by atoms with Crippen LogP contribution < -0.4 is 10.7 Å². The molecule has 1 aliphatic heterocycles. The minimum atomic E-state index is -0.145. The molecular formula is C20H19ClN4O2. The Morgan fingerprint density at radius 3 is 2.93 bits per heavy atom. The van der Waals surface area contributed by atoms with E-state index < -0.39 is 0 Å². The van der Waals surface area contributed by atoms with E-state index in [0.717, 1.165) is 12.1 Å². The van der Waals surface area contributed by atoms with Crippen LogP contribution in [0.15, 0.2) is 59.5 Å². The van der Waals surface area contributed by atoms with Crippen LogP contribution in [0.5, 0.6) is 0 Å². The molecule has 1 N–H and O–H groups in total. The highest BCUT2D eigenvalue weighted by atomic mass is 35.5. The number of aromatic nitrogens is 2. The highest BCUT2D eigenvalue weighted by Gasteiger charge is 2.28. The smallest absolute Gasteiger partial charge is 0.244 e. The predicted octanol–water partition coefficient (Wildman–Crippen LogP) is 2.22. The van der Waals surface area contributed by atoms with Crippen LogP contribution in [0.4, 0.5) is 0 Å². The molecule has 27 heavy (non-hydrogen) atoms. The summed E-state index contributed by atoms with van der Waals surface area (Å²) in [6.45, 7) is 2.09. The Hall–Kier alpha value is -2.70. The van der Waals surface area contributed by atoms with Crippen molar-refractivity contribution in [3.63, 3.8) is 0 Å².